The van der Waals surface area contributed by atoms with Gasteiger partial charge in [-0.3, -0.25) is 4.79 Å². The van der Waals surface area contributed by atoms with E-state index in [1.807, 2.05) is 0 Å². The lowest BCUT2D eigenvalue weighted by Crippen LogP contribution is -2.31. The SMILES string of the molecule is CC(O)CCCNCC(C)C(N)=O. The van der Waals surface area contributed by atoms with Crippen LogP contribution in [0.15, 0.2) is 0 Å². The highest BCUT2D eigenvalue weighted by Gasteiger charge is 2.06. The zero-order chi connectivity index (χ0) is 10.3. The van der Waals surface area contributed by atoms with Crippen molar-refractivity contribution >= 4 is 5.91 Å². The van der Waals surface area contributed by atoms with Gasteiger partial charge < -0.3 is 16.2 Å². The van der Waals surface area contributed by atoms with Crippen LogP contribution in [-0.4, -0.2) is 30.2 Å². The Kier molecular flexibility index (Phi) is 6.54. The van der Waals surface area contributed by atoms with Gasteiger partial charge >= 0.3 is 0 Å². The Labute approximate surface area is 79.5 Å². The highest BCUT2D eigenvalue weighted by atomic mass is 16.3. The molecule has 4 N–H and O–H groups in total. The van der Waals surface area contributed by atoms with E-state index in [0.717, 1.165) is 19.4 Å². The summed E-state index contributed by atoms with van der Waals surface area (Å²) in [6, 6.07) is 0. The van der Waals surface area contributed by atoms with Crippen molar-refractivity contribution in [3.63, 3.8) is 0 Å². The molecule has 0 saturated carbocycles. The number of carbonyl (C=O) groups excluding carboxylic acids is 1. The fourth-order valence-corrected chi connectivity index (χ4v) is 0.942. The number of aliphatic hydroxyl groups excluding tert-OH is 1. The molecule has 0 spiro atoms. The lowest BCUT2D eigenvalue weighted by molar-refractivity contribution is -0.121. The Morgan fingerprint density at radius 3 is 2.62 bits per heavy atom. The maximum absolute atomic E-state index is 10.6. The topological polar surface area (TPSA) is 75.3 Å². The number of hydrogen-bond donors (Lipinski definition) is 3. The van der Waals surface area contributed by atoms with Crippen molar-refractivity contribution in [3.05, 3.63) is 0 Å². The quantitative estimate of drug-likeness (QED) is 0.487. The molecule has 2 atom stereocenters. The molecule has 0 aromatic rings. The van der Waals surface area contributed by atoms with Crippen LogP contribution < -0.4 is 11.1 Å². The minimum Gasteiger partial charge on any atom is -0.393 e. The molecule has 4 heteroatoms. The molecule has 0 radical (unpaired) electrons. The minimum atomic E-state index is -0.275. The summed E-state index contributed by atoms with van der Waals surface area (Å²) in [5, 5.41) is 12.1. The van der Waals surface area contributed by atoms with Gasteiger partial charge in [-0.05, 0) is 26.3 Å². The van der Waals surface area contributed by atoms with E-state index in [-0.39, 0.29) is 17.9 Å². The summed E-state index contributed by atoms with van der Waals surface area (Å²) in [7, 11) is 0. The molecule has 78 valence electrons. The standard InChI is InChI=1S/C9H20N2O2/c1-7(9(10)13)6-11-5-3-4-8(2)12/h7-8,11-12H,3-6H2,1-2H3,(H2,10,13). The van der Waals surface area contributed by atoms with Gasteiger partial charge in [-0.2, -0.15) is 0 Å². The van der Waals surface area contributed by atoms with Crippen LogP contribution in [0.3, 0.4) is 0 Å². The maximum Gasteiger partial charge on any atom is 0.221 e. The highest BCUT2D eigenvalue weighted by Crippen LogP contribution is 1.94. The molecule has 0 saturated heterocycles. The third-order valence-electron chi connectivity index (χ3n) is 1.91. The second kappa shape index (κ2) is 6.86. The van der Waals surface area contributed by atoms with Gasteiger partial charge in [0.25, 0.3) is 0 Å². The molecule has 0 heterocycles. The first kappa shape index (κ1) is 12.4. The van der Waals surface area contributed by atoms with E-state index in [2.05, 4.69) is 5.32 Å². The number of aliphatic hydroxyl groups is 1. The van der Waals surface area contributed by atoms with Crippen LogP contribution in [-0.2, 0) is 4.79 Å². The second-order valence-electron chi connectivity index (χ2n) is 3.50. The molecule has 0 aliphatic carbocycles. The smallest absolute Gasteiger partial charge is 0.221 e. The maximum atomic E-state index is 10.6. The summed E-state index contributed by atoms with van der Waals surface area (Å²) in [6.45, 7) is 5.01. The fraction of sp³-hybridized carbons (Fsp3) is 0.889. The Morgan fingerprint density at radius 1 is 1.54 bits per heavy atom. The summed E-state index contributed by atoms with van der Waals surface area (Å²) >= 11 is 0. The van der Waals surface area contributed by atoms with Crippen LogP contribution in [0.2, 0.25) is 0 Å². The summed E-state index contributed by atoms with van der Waals surface area (Å²) in [6.07, 6.45) is 1.47. The van der Waals surface area contributed by atoms with Crippen molar-refractivity contribution in [1.82, 2.24) is 5.32 Å². The van der Waals surface area contributed by atoms with Crippen molar-refractivity contribution in [3.8, 4) is 0 Å². The van der Waals surface area contributed by atoms with Crippen LogP contribution >= 0.6 is 0 Å². The Morgan fingerprint density at radius 2 is 2.15 bits per heavy atom. The van der Waals surface area contributed by atoms with Gasteiger partial charge in [-0.25, -0.2) is 0 Å². The predicted octanol–water partition coefficient (Wildman–Crippen LogP) is -0.142. The molecular weight excluding hydrogens is 168 g/mol. The molecule has 1 amide bonds. The summed E-state index contributed by atoms with van der Waals surface area (Å²) in [5.74, 6) is -0.394. The molecule has 0 bridgehead atoms. The third-order valence-corrected chi connectivity index (χ3v) is 1.91. The van der Waals surface area contributed by atoms with E-state index in [0.29, 0.717) is 6.54 Å². The summed E-state index contributed by atoms with van der Waals surface area (Å²) in [5.41, 5.74) is 5.08. The van der Waals surface area contributed by atoms with Crippen molar-refractivity contribution in [2.24, 2.45) is 11.7 Å². The van der Waals surface area contributed by atoms with Crippen molar-refractivity contribution in [1.29, 1.82) is 0 Å². The van der Waals surface area contributed by atoms with E-state index in [4.69, 9.17) is 10.8 Å². The van der Waals surface area contributed by atoms with Gasteiger partial charge in [0.2, 0.25) is 5.91 Å². The first-order valence-corrected chi connectivity index (χ1v) is 4.72. The molecule has 0 rings (SSSR count). The first-order chi connectivity index (χ1) is 6.04. The minimum absolute atomic E-state index is 0.119. The number of nitrogens with one attached hydrogen (secondary N) is 1. The molecular formula is C9H20N2O2. The second-order valence-corrected chi connectivity index (χ2v) is 3.50. The van der Waals surface area contributed by atoms with Crippen molar-refractivity contribution in [2.45, 2.75) is 32.8 Å². The van der Waals surface area contributed by atoms with Crippen molar-refractivity contribution < 1.29 is 9.90 Å². The van der Waals surface area contributed by atoms with Crippen LogP contribution in [0.1, 0.15) is 26.7 Å². The molecule has 4 nitrogen and oxygen atoms in total. The van der Waals surface area contributed by atoms with Gasteiger partial charge in [0.1, 0.15) is 0 Å². The van der Waals surface area contributed by atoms with Crippen LogP contribution in [0, 0.1) is 5.92 Å². The third kappa shape index (κ3) is 7.74. The van der Waals surface area contributed by atoms with Crippen LogP contribution in [0.25, 0.3) is 0 Å². The molecule has 2 unspecified atom stereocenters. The first-order valence-electron chi connectivity index (χ1n) is 4.72. The Balaban J connectivity index is 3.21. The van der Waals surface area contributed by atoms with Gasteiger partial charge in [0.15, 0.2) is 0 Å². The predicted molar refractivity (Wildman–Crippen MR) is 52.1 cm³/mol. The number of hydrogen-bond acceptors (Lipinski definition) is 3. The molecule has 0 fully saturated rings. The van der Waals surface area contributed by atoms with E-state index < -0.39 is 0 Å². The average Bonchev–Trinajstić information content (AvgIpc) is 2.02. The number of primary amides is 1. The van der Waals surface area contributed by atoms with Gasteiger partial charge in [0.05, 0.1) is 6.10 Å². The Bertz CT molecular complexity index is 149. The normalized spacial score (nSPS) is 15.3. The number of carbonyl (C=O) groups is 1. The number of rotatable bonds is 7. The fourth-order valence-electron chi connectivity index (χ4n) is 0.942. The number of nitrogens with two attached hydrogens (primary N) is 1. The van der Waals surface area contributed by atoms with E-state index in [1.54, 1.807) is 13.8 Å². The molecule has 13 heavy (non-hydrogen) atoms. The van der Waals surface area contributed by atoms with Crippen LogP contribution in [0.4, 0.5) is 0 Å². The van der Waals surface area contributed by atoms with E-state index >= 15 is 0 Å². The molecule has 0 aromatic carbocycles. The highest BCUT2D eigenvalue weighted by molar-refractivity contribution is 5.76. The van der Waals surface area contributed by atoms with Crippen LogP contribution in [0.5, 0.6) is 0 Å². The Hall–Kier alpha value is -0.610. The molecule has 0 aromatic heterocycles. The van der Waals surface area contributed by atoms with Gasteiger partial charge in [-0.15, -0.1) is 0 Å². The van der Waals surface area contributed by atoms with E-state index in [9.17, 15) is 4.79 Å². The lowest BCUT2D eigenvalue weighted by Gasteiger charge is -2.09. The lowest BCUT2D eigenvalue weighted by atomic mass is 10.1. The zero-order valence-corrected chi connectivity index (χ0v) is 8.42. The van der Waals surface area contributed by atoms with Crippen molar-refractivity contribution in [2.75, 3.05) is 13.1 Å². The molecule has 0 aliphatic heterocycles. The average molecular weight is 188 g/mol. The monoisotopic (exact) mass is 188 g/mol. The summed E-state index contributed by atoms with van der Waals surface area (Å²) in [4.78, 5) is 10.6. The zero-order valence-electron chi connectivity index (χ0n) is 8.42. The number of amides is 1. The largest absolute Gasteiger partial charge is 0.393 e. The van der Waals surface area contributed by atoms with Gasteiger partial charge in [0, 0.05) is 12.5 Å². The van der Waals surface area contributed by atoms with E-state index in [1.165, 1.54) is 0 Å². The summed E-state index contributed by atoms with van der Waals surface area (Å²) < 4.78 is 0. The molecule has 0 aliphatic rings. The van der Waals surface area contributed by atoms with Gasteiger partial charge in [-0.1, -0.05) is 6.92 Å².